The van der Waals surface area contributed by atoms with Gasteiger partial charge in [0.05, 0.1) is 5.92 Å². The maximum absolute atomic E-state index is 11.5. The van der Waals surface area contributed by atoms with Crippen LogP contribution in [0.2, 0.25) is 0 Å². The minimum atomic E-state index is -1.46. The van der Waals surface area contributed by atoms with Gasteiger partial charge in [-0.25, -0.2) is 4.98 Å². The lowest BCUT2D eigenvalue weighted by molar-refractivity contribution is -0.145. The lowest BCUT2D eigenvalue weighted by Crippen LogP contribution is -2.50. The molecule has 1 aromatic rings. The lowest BCUT2D eigenvalue weighted by atomic mass is 9.91. The topological polar surface area (TPSA) is 142 Å². The molecule has 3 aliphatic carbocycles. The van der Waals surface area contributed by atoms with Crippen molar-refractivity contribution in [3.05, 3.63) is 5.82 Å². The van der Waals surface area contributed by atoms with Crippen molar-refractivity contribution in [1.29, 1.82) is 0 Å². The Balaban J connectivity index is 1.54. The van der Waals surface area contributed by atoms with E-state index < -0.39 is 29.3 Å². The summed E-state index contributed by atoms with van der Waals surface area (Å²) < 4.78 is 0. The van der Waals surface area contributed by atoms with Gasteiger partial charge in [-0.1, -0.05) is 11.8 Å². The van der Waals surface area contributed by atoms with Gasteiger partial charge in [0.15, 0.2) is 0 Å². The first kappa shape index (κ1) is 14.0. The Labute approximate surface area is 129 Å². The van der Waals surface area contributed by atoms with Crippen LogP contribution in [0.1, 0.15) is 31.0 Å². The molecule has 5 atom stereocenters. The molecule has 4 rings (SSSR count). The largest absolute Gasteiger partial charge is 0.481 e. The number of aliphatic carboxylic acids is 2. The molecule has 22 heavy (non-hydrogen) atoms. The van der Waals surface area contributed by atoms with Crippen LogP contribution in [0.3, 0.4) is 0 Å². The van der Waals surface area contributed by atoms with Crippen molar-refractivity contribution in [1.82, 2.24) is 15.2 Å². The summed E-state index contributed by atoms with van der Waals surface area (Å²) in [7, 11) is 0. The van der Waals surface area contributed by atoms with Gasteiger partial charge in [0.25, 0.3) is 0 Å². The number of hydrogen-bond donors (Lipinski definition) is 4. The summed E-state index contributed by atoms with van der Waals surface area (Å²) >= 11 is 1.35. The average Bonchev–Trinajstić information content (AvgIpc) is 3.34. The minimum absolute atomic E-state index is 0.171. The number of nitrogens with one attached hydrogen (secondary N) is 1. The summed E-state index contributed by atoms with van der Waals surface area (Å²) in [6.45, 7) is 0. The fourth-order valence-corrected chi connectivity index (χ4v) is 5.09. The molecule has 1 aromatic heterocycles. The number of aromatic nitrogens is 3. The third-order valence-corrected chi connectivity index (χ3v) is 6.20. The summed E-state index contributed by atoms with van der Waals surface area (Å²) in [4.78, 5) is 27.2. The number of aromatic amines is 1. The molecule has 0 radical (unpaired) electrons. The molecule has 9 heteroatoms. The van der Waals surface area contributed by atoms with Crippen LogP contribution in [0.15, 0.2) is 5.16 Å². The van der Waals surface area contributed by atoms with Crippen molar-refractivity contribution in [3.63, 3.8) is 0 Å². The highest BCUT2D eigenvalue weighted by Crippen LogP contribution is 2.65. The zero-order valence-corrected chi connectivity index (χ0v) is 12.4. The van der Waals surface area contributed by atoms with Gasteiger partial charge >= 0.3 is 11.9 Å². The molecule has 8 nitrogen and oxygen atoms in total. The molecule has 118 valence electrons. The van der Waals surface area contributed by atoms with E-state index in [1.807, 2.05) is 0 Å². The highest BCUT2D eigenvalue weighted by Gasteiger charge is 2.74. The van der Waals surface area contributed by atoms with Crippen LogP contribution >= 0.6 is 11.8 Å². The molecule has 0 aromatic carbocycles. The maximum Gasteiger partial charge on any atom is 0.324 e. The van der Waals surface area contributed by atoms with Gasteiger partial charge in [0.2, 0.25) is 5.16 Å². The first-order chi connectivity index (χ1) is 10.4. The third kappa shape index (κ3) is 1.95. The van der Waals surface area contributed by atoms with E-state index in [0.29, 0.717) is 11.1 Å². The standard InChI is InChI=1S/C13H16N4O4S/c14-13(11(20)21)3-5(6-7(8(6)13)10(18)19)22-12-15-9(16-17-12)4-1-2-4/h4-8H,1-3,14H2,(H,18,19)(H,20,21)(H,15,16,17)/t5-,6+,7+,8+,13+/m1/s1. The van der Waals surface area contributed by atoms with Crippen molar-refractivity contribution in [2.75, 3.05) is 0 Å². The second kappa shape index (κ2) is 4.45. The molecule has 0 bridgehead atoms. The monoisotopic (exact) mass is 324 g/mol. The number of carbonyl (C=O) groups is 2. The van der Waals surface area contributed by atoms with Crippen LogP contribution in [-0.2, 0) is 9.59 Å². The van der Waals surface area contributed by atoms with Crippen molar-refractivity contribution in [2.45, 2.75) is 41.1 Å². The quantitative estimate of drug-likeness (QED) is 0.604. The van der Waals surface area contributed by atoms with Crippen LogP contribution in [0.4, 0.5) is 0 Å². The van der Waals surface area contributed by atoms with E-state index in [9.17, 15) is 19.8 Å². The van der Waals surface area contributed by atoms with E-state index >= 15 is 0 Å². The Morgan fingerprint density at radius 3 is 2.68 bits per heavy atom. The number of nitrogens with two attached hydrogens (primary N) is 1. The Hall–Kier alpha value is -1.61. The maximum atomic E-state index is 11.5. The Morgan fingerprint density at radius 2 is 2.09 bits per heavy atom. The molecule has 0 spiro atoms. The fourth-order valence-electron chi connectivity index (χ4n) is 3.72. The molecular formula is C13H16N4O4S. The summed E-state index contributed by atoms with van der Waals surface area (Å²) in [5.41, 5.74) is 4.54. The van der Waals surface area contributed by atoms with E-state index in [0.717, 1.165) is 18.7 Å². The van der Waals surface area contributed by atoms with Gasteiger partial charge in [0.1, 0.15) is 11.4 Å². The van der Waals surface area contributed by atoms with E-state index in [4.69, 9.17) is 5.73 Å². The number of thioether (sulfide) groups is 1. The van der Waals surface area contributed by atoms with Crippen molar-refractivity contribution >= 4 is 23.7 Å². The van der Waals surface area contributed by atoms with E-state index in [1.54, 1.807) is 0 Å². The molecule has 0 aliphatic heterocycles. The summed E-state index contributed by atoms with van der Waals surface area (Å²) in [5.74, 6) is -2.16. The van der Waals surface area contributed by atoms with Crippen LogP contribution in [0, 0.1) is 17.8 Å². The number of hydrogen-bond acceptors (Lipinski definition) is 6. The van der Waals surface area contributed by atoms with Crippen molar-refractivity contribution in [2.24, 2.45) is 23.5 Å². The van der Waals surface area contributed by atoms with Gasteiger partial charge in [-0.3, -0.25) is 14.7 Å². The smallest absolute Gasteiger partial charge is 0.324 e. The Kier molecular flexibility index (Phi) is 2.83. The summed E-state index contributed by atoms with van der Waals surface area (Å²) in [6.07, 6.45) is 2.47. The second-order valence-electron chi connectivity index (χ2n) is 6.45. The molecule has 0 unspecified atom stereocenters. The molecule has 3 aliphatic rings. The zero-order valence-electron chi connectivity index (χ0n) is 11.6. The fraction of sp³-hybridized carbons (Fsp3) is 0.692. The minimum Gasteiger partial charge on any atom is -0.481 e. The van der Waals surface area contributed by atoms with E-state index in [-0.39, 0.29) is 17.6 Å². The molecule has 0 amide bonds. The average molecular weight is 324 g/mol. The predicted octanol–water partition coefficient (Wildman–Crippen LogP) is 0.275. The highest BCUT2D eigenvalue weighted by molar-refractivity contribution is 7.99. The molecular weight excluding hydrogens is 308 g/mol. The van der Waals surface area contributed by atoms with Gasteiger partial charge in [-0.05, 0) is 25.2 Å². The first-order valence-corrected chi connectivity index (χ1v) is 8.14. The van der Waals surface area contributed by atoms with Crippen LogP contribution in [0.25, 0.3) is 0 Å². The molecule has 3 fully saturated rings. The Morgan fingerprint density at radius 1 is 1.36 bits per heavy atom. The molecule has 1 heterocycles. The number of carboxylic acids is 2. The number of rotatable bonds is 5. The zero-order chi connectivity index (χ0) is 15.6. The Bertz CT molecular complexity index is 660. The van der Waals surface area contributed by atoms with Gasteiger partial charge < -0.3 is 15.9 Å². The molecule has 0 saturated heterocycles. The van der Waals surface area contributed by atoms with Crippen molar-refractivity contribution < 1.29 is 19.8 Å². The van der Waals surface area contributed by atoms with Crippen molar-refractivity contribution in [3.8, 4) is 0 Å². The second-order valence-corrected chi connectivity index (χ2v) is 7.66. The van der Waals surface area contributed by atoms with Gasteiger partial charge in [-0.2, -0.15) is 0 Å². The molecule has 5 N–H and O–H groups in total. The predicted molar refractivity (Wildman–Crippen MR) is 75.3 cm³/mol. The number of fused-ring (bicyclic) bond motifs is 1. The third-order valence-electron chi connectivity index (χ3n) is 5.02. The van der Waals surface area contributed by atoms with Gasteiger partial charge in [-0.15, -0.1) is 5.10 Å². The number of H-pyrrole nitrogens is 1. The summed E-state index contributed by atoms with van der Waals surface area (Å²) in [5, 5.41) is 26.1. The normalized spacial score (nSPS) is 39.5. The molecule has 3 saturated carbocycles. The van der Waals surface area contributed by atoms with Gasteiger partial charge in [0, 0.05) is 17.1 Å². The summed E-state index contributed by atoms with van der Waals surface area (Å²) in [6, 6.07) is 0. The number of carboxylic acid groups (broad SMARTS) is 2. The lowest BCUT2D eigenvalue weighted by Gasteiger charge is -2.23. The highest BCUT2D eigenvalue weighted by atomic mass is 32.2. The number of nitrogens with zero attached hydrogens (tertiary/aromatic N) is 2. The first-order valence-electron chi connectivity index (χ1n) is 7.26. The van der Waals surface area contributed by atoms with Crippen LogP contribution < -0.4 is 5.73 Å². The SMILES string of the molecule is N[C@@]1(C(=O)O)C[C@@H](Sc2n[nH]c(C3CC3)n2)[C@H]2[C@H](C(=O)O)[C@H]21. The van der Waals surface area contributed by atoms with Crippen LogP contribution in [0.5, 0.6) is 0 Å². The van der Waals surface area contributed by atoms with E-state index in [2.05, 4.69) is 15.2 Å². The van der Waals surface area contributed by atoms with E-state index in [1.165, 1.54) is 11.8 Å². The van der Waals surface area contributed by atoms with Crippen LogP contribution in [-0.4, -0.2) is 48.1 Å².